The minimum Gasteiger partial charge on any atom is -0.467 e. The van der Waals surface area contributed by atoms with Crippen LogP contribution in [0.25, 0.3) is 0 Å². The monoisotopic (exact) mass is 216 g/mol. The standard InChI is InChI=1S/C13H12O3/c14-11(10-5-2-1-3-6-10)9-12(15)13-7-4-8-16-13/h1-8,12,15H,9H2/t12-/m1/s1. The zero-order valence-corrected chi connectivity index (χ0v) is 8.67. The molecule has 1 atom stereocenters. The van der Waals surface area contributed by atoms with Gasteiger partial charge in [-0.1, -0.05) is 30.3 Å². The first-order valence-corrected chi connectivity index (χ1v) is 5.07. The second-order valence-corrected chi connectivity index (χ2v) is 3.52. The van der Waals surface area contributed by atoms with Crippen molar-refractivity contribution >= 4 is 5.78 Å². The molecule has 0 fully saturated rings. The molecule has 16 heavy (non-hydrogen) atoms. The second kappa shape index (κ2) is 4.77. The Labute approximate surface area is 93.3 Å². The summed E-state index contributed by atoms with van der Waals surface area (Å²) in [5.41, 5.74) is 0.605. The molecule has 1 N–H and O–H groups in total. The third-order valence-electron chi connectivity index (χ3n) is 2.35. The quantitative estimate of drug-likeness (QED) is 0.799. The molecule has 0 saturated heterocycles. The highest BCUT2D eigenvalue weighted by Gasteiger charge is 2.16. The smallest absolute Gasteiger partial charge is 0.165 e. The average molecular weight is 216 g/mol. The van der Waals surface area contributed by atoms with Crippen molar-refractivity contribution in [3.05, 3.63) is 60.1 Å². The largest absolute Gasteiger partial charge is 0.467 e. The van der Waals surface area contributed by atoms with Crippen LogP contribution < -0.4 is 0 Å². The van der Waals surface area contributed by atoms with Gasteiger partial charge >= 0.3 is 0 Å². The van der Waals surface area contributed by atoms with Gasteiger partial charge in [0.1, 0.15) is 11.9 Å². The first-order chi connectivity index (χ1) is 7.77. The van der Waals surface area contributed by atoms with Gasteiger partial charge in [0.15, 0.2) is 5.78 Å². The van der Waals surface area contributed by atoms with Gasteiger partial charge in [-0.15, -0.1) is 0 Å². The molecular formula is C13H12O3. The number of ketones is 1. The number of furan rings is 1. The number of carbonyl (C=O) groups is 1. The molecule has 0 bridgehead atoms. The van der Waals surface area contributed by atoms with E-state index in [4.69, 9.17) is 4.42 Å². The summed E-state index contributed by atoms with van der Waals surface area (Å²) >= 11 is 0. The molecule has 0 spiro atoms. The Bertz CT molecular complexity index is 445. The van der Waals surface area contributed by atoms with Crippen LogP contribution in [0.2, 0.25) is 0 Å². The summed E-state index contributed by atoms with van der Waals surface area (Å²) in [5, 5.41) is 9.73. The summed E-state index contributed by atoms with van der Waals surface area (Å²) in [7, 11) is 0. The summed E-state index contributed by atoms with van der Waals surface area (Å²) in [4.78, 5) is 11.7. The summed E-state index contributed by atoms with van der Waals surface area (Å²) in [6.45, 7) is 0. The summed E-state index contributed by atoms with van der Waals surface area (Å²) in [6, 6.07) is 12.3. The molecule has 0 radical (unpaired) electrons. The van der Waals surface area contributed by atoms with Crippen LogP contribution in [0.5, 0.6) is 0 Å². The Hall–Kier alpha value is -1.87. The van der Waals surface area contributed by atoms with Crippen LogP contribution in [0.3, 0.4) is 0 Å². The van der Waals surface area contributed by atoms with E-state index in [0.717, 1.165) is 0 Å². The van der Waals surface area contributed by atoms with E-state index in [1.807, 2.05) is 6.07 Å². The van der Waals surface area contributed by atoms with Gasteiger partial charge in [-0.3, -0.25) is 4.79 Å². The van der Waals surface area contributed by atoms with Crippen molar-refractivity contribution in [3.63, 3.8) is 0 Å². The molecule has 82 valence electrons. The molecule has 0 saturated carbocycles. The zero-order valence-electron chi connectivity index (χ0n) is 8.67. The predicted octanol–water partition coefficient (Wildman–Crippen LogP) is 2.59. The van der Waals surface area contributed by atoms with Crippen LogP contribution in [0, 0.1) is 0 Å². The van der Waals surface area contributed by atoms with Crippen molar-refractivity contribution in [2.75, 3.05) is 0 Å². The van der Waals surface area contributed by atoms with Gasteiger partial charge in [-0.25, -0.2) is 0 Å². The molecule has 3 nitrogen and oxygen atoms in total. The maximum atomic E-state index is 11.7. The van der Waals surface area contributed by atoms with Crippen LogP contribution in [-0.4, -0.2) is 10.9 Å². The first kappa shape index (κ1) is 10.6. The summed E-state index contributed by atoms with van der Waals surface area (Å²) < 4.78 is 5.03. The second-order valence-electron chi connectivity index (χ2n) is 3.52. The Morgan fingerprint density at radius 3 is 2.56 bits per heavy atom. The SMILES string of the molecule is O=C(C[C@@H](O)c1ccco1)c1ccccc1. The molecule has 0 aliphatic rings. The van der Waals surface area contributed by atoms with E-state index in [9.17, 15) is 9.90 Å². The number of Topliss-reactive ketones (excluding diaryl/α,β-unsaturated/α-hetero) is 1. The third-order valence-corrected chi connectivity index (χ3v) is 2.35. The number of hydrogen-bond donors (Lipinski definition) is 1. The number of hydrogen-bond acceptors (Lipinski definition) is 3. The van der Waals surface area contributed by atoms with E-state index in [2.05, 4.69) is 0 Å². The van der Waals surface area contributed by atoms with Gasteiger partial charge in [0.05, 0.1) is 6.26 Å². The molecule has 1 aromatic carbocycles. The third kappa shape index (κ3) is 2.38. The predicted molar refractivity (Wildman–Crippen MR) is 59.1 cm³/mol. The van der Waals surface area contributed by atoms with Crippen LogP contribution in [0.4, 0.5) is 0 Å². The lowest BCUT2D eigenvalue weighted by molar-refractivity contribution is 0.0844. The van der Waals surface area contributed by atoms with Gasteiger partial charge in [0, 0.05) is 12.0 Å². The summed E-state index contributed by atoms with van der Waals surface area (Å²) in [6.07, 6.45) is 0.644. The minimum atomic E-state index is -0.872. The highest BCUT2D eigenvalue weighted by atomic mass is 16.4. The zero-order chi connectivity index (χ0) is 11.4. The number of rotatable bonds is 4. The molecule has 1 heterocycles. The number of benzene rings is 1. The molecular weight excluding hydrogens is 204 g/mol. The molecule has 2 aromatic rings. The van der Waals surface area contributed by atoms with E-state index in [1.165, 1.54) is 6.26 Å². The van der Waals surface area contributed by atoms with E-state index >= 15 is 0 Å². The maximum Gasteiger partial charge on any atom is 0.165 e. The fourth-order valence-corrected chi connectivity index (χ4v) is 1.50. The number of aliphatic hydroxyl groups is 1. The fraction of sp³-hybridized carbons (Fsp3) is 0.154. The highest BCUT2D eigenvalue weighted by Crippen LogP contribution is 2.19. The van der Waals surface area contributed by atoms with E-state index in [1.54, 1.807) is 36.4 Å². The Morgan fingerprint density at radius 2 is 1.94 bits per heavy atom. The molecule has 0 aliphatic heterocycles. The number of aliphatic hydroxyl groups excluding tert-OH is 1. The van der Waals surface area contributed by atoms with E-state index < -0.39 is 6.10 Å². The van der Waals surface area contributed by atoms with Crippen molar-refractivity contribution in [2.24, 2.45) is 0 Å². The summed E-state index contributed by atoms with van der Waals surface area (Å²) in [5.74, 6) is 0.328. The molecule has 3 heteroatoms. The van der Waals surface area contributed by atoms with Crippen molar-refractivity contribution in [3.8, 4) is 0 Å². The lowest BCUT2D eigenvalue weighted by atomic mass is 10.0. The van der Waals surface area contributed by atoms with Gasteiger partial charge < -0.3 is 9.52 Å². The molecule has 0 amide bonds. The lowest BCUT2D eigenvalue weighted by Crippen LogP contribution is -2.06. The van der Waals surface area contributed by atoms with Gasteiger partial charge in [0.25, 0.3) is 0 Å². The fourth-order valence-electron chi connectivity index (χ4n) is 1.50. The molecule has 1 aromatic heterocycles. The average Bonchev–Trinajstić information content (AvgIpc) is 2.83. The topological polar surface area (TPSA) is 50.4 Å². The normalized spacial score (nSPS) is 12.3. The van der Waals surface area contributed by atoms with E-state index in [0.29, 0.717) is 11.3 Å². The Morgan fingerprint density at radius 1 is 1.19 bits per heavy atom. The van der Waals surface area contributed by atoms with Crippen molar-refractivity contribution in [1.82, 2.24) is 0 Å². The van der Waals surface area contributed by atoms with Crippen molar-refractivity contribution in [2.45, 2.75) is 12.5 Å². The van der Waals surface area contributed by atoms with Gasteiger partial charge in [-0.2, -0.15) is 0 Å². The molecule has 0 aliphatic carbocycles. The highest BCUT2D eigenvalue weighted by molar-refractivity contribution is 5.96. The van der Waals surface area contributed by atoms with Crippen molar-refractivity contribution < 1.29 is 14.3 Å². The Balaban J connectivity index is 2.03. The van der Waals surface area contributed by atoms with Crippen LogP contribution >= 0.6 is 0 Å². The number of carbonyl (C=O) groups excluding carboxylic acids is 1. The lowest BCUT2D eigenvalue weighted by Gasteiger charge is -2.06. The van der Waals surface area contributed by atoms with Gasteiger partial charge in [-0.05, 0) is 12.1 Å². The van der Waals surface area contributed by atoms with Crippen molar-refractivity contribution in [1.29, 1.82) is 0 Å². The van der Waals surface area contributed by atoms with Gasteiger partial charge in [0.2, 0.25) is 0 Å². The molecule has 0 unspecified atom stereocenters. The Kier molecular flexibility index (Phi) is 3.17. The maximum absolute atomic E-state index is 11.7. The molecule has 2 rings (SSSR count). The van der Waals surface area contributed by atoms with Crippen LogP contribution in [0.15, 0.2) is 53.1 Å². The minimum absolute atomic E-state index is 0.0392. The first-order valence-electron chi connectivity index (χ1n) is 5.07. The van der Waals surface area contributed by atoms with Crippen LogP contribution in [-0.2, 0) is 0 Å². The van der Waals surface area contributed by atoms with Crippen LogP contribution in [0.1, 0.15) is 28.6 Å². The van der Waals surface area contributed by atoms with E-state index in [-0.39, 0.29) is 12.2 Å².